The van der Waals surface area contributed by atoms with E-state index >= 15 is 0 Å². The zero-order chi connectivity index (χ0) is 16.0. The Labute approximate surface area is 134 Å². The van der Waals surface area contributed by atoms with Crippen molar-refractivity contribution in [3.05, 3.63) is 42.2 Å². The Morgan fingerprint density at radius 1 is 1.39 bits per heavy atom. The molecular formula is C17H19N5O. The van der Waals surface area contributed by atoms with Gasteiger partial charge in [-0.3, -0.25) is 4.79 Å². The van der Waals surface area contributed by atoms with Crippen LogP contribution in [0, 0.1) is 12.8 Å². The molecule has 2 aromatic heterocycles. The molecule has 1 unspecified atom stereocenters. The number of carbonyl (C=O) groups is 1. The molecule has 3 heterocycles. The molecule has 1 amide bonds. The standard InChI is InChI=1S/C17H19N5O/c1-11-19-14-10-13(3-4-15(14)21(11)2)20-17(23)12-5-7-22-8-6-18-16(22)9-12/h3-4,6,8,10,12H,5,7,9H2,1-2H3,(H,20,23). The smallest absolute Gasteiger partial charge is 0.228 e. The Morgan fingerprint density at radius 2 is 2.26 bits per heavy atom. The summed E-state index contributed by atoms with van der Waals surface area (Å²) in [5.74, 6) is 1.99. The summed E-state index contributed by atoms with van der Waals surface area (Å²) >= 11 is 0. The summed E-state index contributed by atoms with van der Waals surface area (Å²) in [6, 6.07) is 5.87. The molecule has 0 radical (unpaired) electrons. The predicted molar refractivity (Wildman–Crippen MR) is 88.1 cm³/mol. The predicted octanol–water partition coefficient (Wildman–Crippen LogP) is 2.28. The third kappa shape index (κ3) is 2.40. The molecule has 0 saturated heterocycles. The van der Waals surface area contributed by atoms with Crippen LogP contribution in [0.5, 0.6) is 0 Å². The van der Waals surface area contributed by atoms with E-state index in [1.165, 1.54) is 0 Å². The molecule has 1 N–H and O–H groups in total. The second-order valence-corrected chi connectivity index (χ2v) is 6.14. The van der Waals surface area contributed by atoms with E-state index in [9.17, 15) is 4.79 Å². The summed E-state index contributed by atoms with van der Waals surface area (Å²) in [7, 11) is 1.99. The van der Waals surface area contributed by atoms with Gasteiger partial charge < -0.3 is 14.5 Å². The van der Waals surface area contributed by atoms with Crippen LogP contribution in [-0.4, -0.2) is 25.0 Å². The molecule has 6 nitrogen and oxygen atoms in total. The molecule has 0 spiro atoms. The van der Waals surface area contributed by atoms with Gasteiger partial charge >= 0.3 is 0 Å². The van der Waals surface area contributed by atoms with Crippen molar-refractivity contribution in [3.63, 3.8) is 0 Å². The minimum atomic E-state index is -0.0222. The third-order valence-electron chi connectivity index (χ3n) is 4.69. The van der Waals surface area contributed by atoms with Crippen LogP contribution < -0.4 is 5.32 Å². The number of benzene rings is 1. The van der Waals surface area contributed by atoms with Gasteiger partial charge in [-0.05, 0) is 31.5 Å². The first-order chi connectivity index (χ1) is 11.1. The van der Waals surface area contributed by atoms with Crippen molar-refractivity contribution < 1.29 is 4.79 Å². The Balaban J connectivity index is 1.53. The van der Waals surface area contributed by atoms with Gasteiger partial charge in [-0.25, -0.2) is 9.97 Å². The zero-order valence-corrected chi connectivity index (χ0v) is 13.3. The Kier molecular flexibility index (Phi) is 3.18. The summed E-state index contributed by atoms with van der Waals surface area (Å²) < 4.78 is 4.16. The second kappa shape index (κ2) is 5.22. The normalized spacial score (nSPS) is 17.2. The van der Waals surface area contributed by atoms with Crippen LogP contribution in [0.3, 0.4) is 0 Å². The Morgan fingerprint density at radius 3 is 3.13 bits per heavy atom. The largest absolute Gasteiger partial charge is 0.335 e. The Bertz CT molecular complexity index is 892. The summed E-state index contributed by atoms with van der Waals surface area (Å²) in [6.45, 7) is 2.83. The lowest BCUT2D eigenvalue weighted by Crippen LogP contribution is -2.30. The highest BCUT2D eigenvalue weighted by Crippen LogP contribution is 2.23. The highest BCUT2D eigenvalue weighted by molar-refractivity contribution is 5.94. The van der Waals surface area contributed by atoms with Gasteiger partial charge in [-0.2, -0.15) is 0 Å². The van der Waals surface area contributed by atoms with Crippen LogP contribution in [0.25, 0.3) is 11.0 Å². The van der Waals surface area contributed by atoms with Gasteiger partial charge in [0.05, 0.1) is 11.0 Å². The molecular weight excluding hydrogens is 290 g/mol. The average Bonchev–Trinajstić information content (AvgIpc) is 3.11. The average molecular weight is 309 g/mol. The highest BCUT2D eigenvalue weighted by atomic mass is 16.1. The van der Waals surface area contributed by atoms with Crippen molar-refractivity contribution in [1.29, 1.82) is 0 Å². The lowest BCUT2D eigenvalue weighted by molar-refractivity contribution is -0.120. The van der Waals surface area contributed by atoms with E-state index in [2.05, 4.69) is 19.9 Å². The lowest BCUT2D eigenvalue weighted by atomic mass is 9.97. The molecule has 0 bridgehead atoms. The van der Waals surface area contributed by atoms with Gasteiger partial charge in [0.1, 0.15) is 11.6 Å². The summed E-state index contributed by atoms with van der Waals surface area (Å²) in [5.41, 5.74) is 2.77. The molecule has 3 aromatic rings. The molecule has 0 fully saturated rings. The van der Waals surface area contributed by atoms with Gasteiger partial charge in [-0.15, -0.1) is 0 Å². The fourth-order valence-electron chi connectivity index (χ4n) is 3.22. The van der Waals surface area contributed by atoms with Gasteiger partial charge in [-0.1, -0.05) is 0 Å². The van der Waals surface area contributed by atoms with Crippen LogP contribution >= 0.6 is 0 Å². The first kappa shape index (κ1) is 14.0. The molecule has 118 valence electrons. The fourth-order valence-corrected chi connectivity index (χ4v) is 3.22. The number of carbonyl (C=O) groups excluding carboxylic acids is 1. The van der Waals surface area contributed by atoms with E-state index in [-0.39, 0.29) is 11.8 Å². The summed E-state index contributed by atoms with van der Waals surface area (Å²) in [4.78, 5) is 21.4. The monoisotopic (exact) mass is 309 g/mol. The van der Waals surface area contributed by atoms with E-state index in [0.717, 1.165) is 41.3 Å². The van der Waals surface area contributed by atoms with E-state index in [0.29, 0.717) is 6.42 Å². The molecule has 6 heteroatoms. The number of nitrogens with zero attached hydrogens (tertiary/aromatic N) is 4. The number of aromatic nitrogens is 4. The maximum Gasteiger partial charge on any atom is 0.228 e. The van der Waals surface area contributed by atoms with E-state index in [1.54, 1.807) is 6.20 Å². The van der Waals surface area contributed by atoms with Crippen molar-refractivity contribution in [1.82, 2.24) is 19.1 Å². The first-order valence-electron chi connectivity index (χ1n) is 7.86. The Hall–Kier alpha value is -2.63. The molecule has 1 aliphatic heterocycles. The molecule has 1 atom stereocenters. The molecule has 1 aliphatic rings. The second-order valence-electron chi connectivity index (χ2n) is 6.14. The maximum atomic E-state index is 12.5. The number of amides is 1. The summed E-state index contributed by atoms with van der Waals surface area (Å²) in [6.07, 6.45) is 5.32. The van der Waals surface area contributed by atoms with Gasteiger partial charge in [0.15, 0.2) is 0 Å². The molecule has 1 aromatic carbocycles. The zero-order valence-electron chi connectivity index (χ0n) is 13.3. The van der Waals surface area contributed by atoms with Crippen molar-refractivity contribution in [2.45, 2.75) is 26.3 Å². The number of hydrogen-bond donors (Lipinski definition) is 1. The lowest BCUT2D eigenvalue weighted by Gasteiger charge is -2.22. The van der Waals surface area contributed by atoms with Crippen LogP contribution in [0.2, 0.25) is 0 Å². The molecule has 23 heavy (non-hydrogen) atoms. The fraction of sp³-hybridized carbons (Fsp3) is 0.353. The quantitative estimate of drug-likeness (QED) is 0.790. The van der Waals surface area contributed by atoms with Gasteiger partial charge in [0, 0.05) is 44.0 Å². The van der Waals surface area contributed by atoms with Crippen LogP contribution in [0.15, 0.2) is 30.6 Å². The van der Waals surface area contributed by atoms with Gasteiger partial charge in [0.2, 0.25) is 5.91 Å². The van der Waals surface area contributed by atoms with Gasteiger partial charge in [0.25, 0.3) is 0 Å². The van der Waals surface area contributed by atoms with E-state index in [4.69, 9.17) is 0 Å². The van der Waals surface area contributed by atoms with Crippen LogP contribution in [0.4, 0.5) is 5.69 Å². The van der Waals surface area contributed by atoms with Crippen molar-refractivity contribution in [3.8, 4) is 0 Å². The first-order valence-corrected chi connectivity index (χ1v) is 7.86. The van der Waals surface area contributed by atoms with Crippen LogP contribution in [0.1, 0.15) is 18.1 Å². The van der Waals surface area contributed by atoms with E-state index in [1.807, 2.05) is 42.9 Å². The van der Waals surface area contributed by atoms with Crippen molar-refractivity contribution in [2.75, 3.05) is 5.32 Å². The maximum absolute atomic E-state index is 12.5. The third-order valence-corrected chi connectivity index (χ3v) is 4.69. The molecule has 0 aliphatic carbocycles. The van der Waals surface area contributed by atoms with Crippen LogP contribution in [-0.2, 0) is 24.8 Å². The number of aryl methyl sites for hydroxylation is 3. The summed E-state index contributed by atoms with van der Waals surface area (Å²) in [5, 5.41) is 3.03. The number of nitrogens with one attached hydrogen (secondary N) is 1. The SMILES string of the molecule is Cc1nc2cc(NC(=O)C3CCn4ccnc4C3)ccc2n1C. The number of hydrogen-bond acceptors (Lipinski definition) is 3. The van der Waals surface area contributed by atoms with E-state index < -0.39 is 0 Å². The topological polar surface area (TPSA) is 64.7 Å². The minimum Gasteiger partial charge on any atom is -0.335 e. The number of rotatable bonds is 2. The molecule has 0 saturated carbocycles. The van der Waals surface area contributed by atoms with Crippen molar-refractivity contribution >= 4 is 22.6 Å². The minimum absolute atomic E-state index is 0.0222. The number of imidazole rings is 2. The highest BCUT2D eigenvalue weighted by Gasteiger charge is 2.25. The van der Waals surface area contributed by atoms with Crippen molar-refractivity contribution in [2.24, 2.45) is 13.0 Å². The number of anilines is 1. The number of fused-ring (bicyclic) bond motifs is 2. The molecule has 4 rings (SSSR count).